The molecule has 102 valence electrons. The van der Waals surface area contributed by atoms with Crippen LogP contribution in [0.3, 0.4) is 0 Å². The molecule has 6 nitrogen and oxygen atoms in total. The first-order valence-corrected chi connectivity index (χ1v) is 7.31. The van der Waals surface area contributed by atoms with Gasteiger partial charge in [0.2, 0.25) is 5.91 Å². The number of carbonyl (C=O) groups excluding carboxylic acids is 1. The molecule has 0 heterocycles. The lowest BCUT2D eigenvalue weighted by Gasteiger charge is -2.08. The maximum atomic E-state index is 11.1. The van der Waals surface area contributed by atoms with E-state index in [0.29, 0.717) is 19.4 Å². The van der Waals surface area contributed by atoms with Crippen LogP contribution in [-0.2, 0) is 18.4 Å². The predicted molar refractivity (Wildman–Crippen MR) is 64.6 cm³/mol. The lowest BCUT2D eigenvalue weighted by atomic mass is 10.1. The molecule has 2 N–H and O–H groups in total. The number of amides is 1. The van der Waals surface area contributed by atoms with Crippen molar-refractivity contribution in [3.8, 4) is 0 Å². The first-order valence-electron chi connectivity index (χ1n) is 5.81. The van der Waals surface area contributed by atoms with Gasteiger partial charge in [0.15, 0.2) is 0 Å². The number of hydrogen-bond donors (Lipinski definition) is 2. The van der Waals surface area contributed by atoms with Gasteiger partial charge >= 0.3 is 7.82 Å². The van der Waals surface area contributed by atoms with Gasteiger partial charge in [-0.15, -0.1) is 0 Å². The summed E-state index contributed by atoms with van der Waals surface area (Å²) in [4.78, 5) is 20.0. The molecule has 0 rings (SSSR count). The zero-order valence-electron chi connectivity index (χ0n) is 10.5. The minimum atomic E-state index is -3.82. The smallest absolute Gasteiger partial charge is 0.356 e. The van der Waals surface area contributed by atoms with Crippen LogP contribution in [0.4, 0.5) is 0 Å². The van der Waals surface area contributed by atoms with Gasteiger partial charge in [-0.3, -0.25) is 13.8 Å². The van der Waals surface area contributed by atoms with E-state index < -0.39 is 7.82 Å². The van der Waals surface area contributed by atoms with Crippen molar-refractivity contribution < 1.29 is 23.3 Å². The van der Waals surface area contributed by atoms with Gasteiger partial charge < -0.3 is 10.2 Å². The molecule has 0 aromatic heterocycles. The zero-order chi connectivity index (χ0) is 13.1. The monoisotopic (exact) mass is 267 g/mol. The van der Waals surface area contributed by atoms with E-state index in [4.69, 9.17) is 4.89 Å². The summed E-state index contributed by atoms with van der Waals surface area (Å²) in [6.07, 6.45) is 3.81. The van der Waals surface area contributed by atoms with E-state index in [1.54, 1.807) is 0 Å². The van der Waals surface area contributed by atoms with Gasteiger partial charge in [-0.2, -0.15) is 0 Å². The molecule has 0 aliphatic carbocycles. The molecule has 1 unspecified atom stereocenters. The number of unbranched alkanes of at least 4 members (excludes halogenated alkanes) is 3. The van der Waals surface area contributed by atoms with Crippen molar-refractivity contribution >= 4 is 13.7 Å². The van der Waals surface area contributed by atoms with Crippen LogP contribution in [0.5, 0.6) is 0 Å². The number of carbonyl (C=O) groups is 1. The summed E-state index contributed by atoms with van der Waals surface area (Å²) in [7, 11) is -2.69. The lowest BCUT2D eigenvalue weighted by molar-refractivity contribution is -0.121. The summed E-state index contributed by atoms with van der Waals surface area (Å²) >= 11 is 0. The number of hydrogen-bond acceptors (Lipinski definition) is 4. The SMILES string of the molecule is CCNC(=O)CCCCCCOP(=O)(O)OC. The Kier molecular flexibility index (Phi) is 9.36. The fourth-order valence-corrected chi connectivity index (χ4v) is 1.72. The molecule has 0 aliphatic heterocycles. The first kappa shape index (κ1) is 16.6. The topological polar surface area (TPSA) is 84.9 Å². The fourth-order valence-electron chi connectivity index (χ4n) is 1.26. The van der Waals surface area contributed by atoms with Crippen molar-refractivity contribution in [2.45, 2.75) is 39.0 Å². The van der Waals surface area contributed by atoms with Crippen molar-refractivity contribution in [1.82, 2.24) is 5.32 Å². The molecule has 0 spiro atoms. The van der Waals surface area contributed by atoms with Crippen LogP contribution in [0.1, 0.15) is 39.0 Å². The minimum Gasteiger partial charge on any atom is -0.356 e. The Morgan fingerprint density at radius 3 is 2.53 bits per heavy atom. The second kappa shape index (κ2) is 9.59. The molecule has 0 saturated carbocycles. The third-order valence-corrected chi connectivity index (χ3v) is 3.13. The highest BCUT2D eigenvalue weighted by Crippen LogP contribution is 2.41. The summed E-state index contributed by atoms with van der Waals surface area (Å²) in [5, 5.41) is 2.73. The van der Waals surface area contributed by atoms with E-state index in [-0.39, 0.29) is 12.5 Å². The molecular weight excluding hydrogens is 245 g/mol. The Morgan fingerprint density at radius 1 is 1.29 bits per heavy atom. The van der Waals surface area contributed by atoms with Gasteiger partial charge in [-0.05, 0) is 19.8 Å². The average molecular weight is 267 g/mol. The van der Waals surface area contributed by atoms with Crippen LogP contribution in [0.2, 0.25) is 0 Å². The maximum Gasteiger partial charge on any atom is 0.471 e. The lowest BCUT2D eigenvalue weighted by Crippen LogP contribution is -2.21. The second-order valence-electron chi connectivity index (χ2n) is 3.60. The molecule has 0 radical (unpaired) electrons. The third-order valence-electron chi connectivity index (χ3n) is 2.16. The largest absolute Gasteiger partial charge is 0.471 e. The molecule has 0 saturated heterocycles. The van der Waals surface area contributed by atoms with Crippen LogP contribution in [0.25, 0.3) is 0 Å². The second-order valence-corrected chi connectivity index (χ2v) is 5.16. The van der Waals surface area contributed by atoms with Gasteiger partial charge in [0, 0.05) is 20.1 Å². The van der Waals surface area contributed by atoms with Crippen LogP contribution in [-0.4, -0.2) is 31.1 Å². The van der Waals surface area contributed by atoms with Crippen molar-refractivity contribution in [1.29, 1.82) is 0 Å². The Hall–Kier alpha value is -0.420. The van der Waals surface area contributed by atoms with Crippen molar-refractivity contribution in [2.75, 3.05) is 20.3 Å². The Labute approximate surface area is 102 Å². The highest BCUT2D eigenvalue weighted by molar-refractivity contribution is 7.47. The molecule has 7 heteroatoms. The maximum absolute atomic E-state index is 11.1. The first-order chi connectivity index (χ1) is 8.02. The molecule has 0 bridgehead atoms. The normalized spacial score (nSPS) is 14.3. The molecule has 0 aliphatic rings. The standard InChI is InChI=1S/C10H22NO5P/c1-3-11-10(12)8-6-4-5-7-9-16-17(13,14)15-2/h3-9H2,1-2H3,(H,11,12)(H,13,14). The Balaban J connectivity index is 3.30. The summed E-state index contributed by atoms with van der Waals surface area (Å²) < 4.78 is 19.8. The van der Waals surface area contributed by atoms with Gasteiger partial charge in [-0.25, -0.2) is 4.57 Å². The summed E-state index contributed by atoms with van der Waals surface area (Å²) in [6, 6.07) is 0. The van der Waals surface area contributed by atoms with E-state index >= 15 is 0 Å². The van der Waals surface area contributed by atoms with Gasteiger partial charge in [-0.1, -0.05) is 12.8 Å². The minimum absolute atomic E-state index is 0.0722. The van der Waals surface area contributed by atoms with E-state index in [9.17, 15) is 9.36 Å². The Morgan fingerprint density at radius 2 is 1.94 bits per heavy atom. The molecule has 0 aromatic carbocycles. The molecular formula is C10H22NO5P. The van der Waals surface area contributed by atoms with E-state index in [1.807, 2.05) is 6.92 Å². The van der Waals surface area contributed by atoms with Crippen LogP contribution < -0.4 is 5.32 Å². The molecule has 17 heavy (non-hydrogen) atoms. The number of nitrogens with one attached hydrogen (secondary N) is 1. The predicted octanol–water partition coefficient (Wildman–Crippen LogP) is 1.84. The van der Waals surface area contributed by atoms with Crippen LogP contribution in [0.15, 0.2) is 0 Å². The third kappa shape index (κ3) is 10.5. The molecule has 0 aromatic rings. The summed E-state index contributed by atoms with van der Waals surface area (Å²) in [6.45, 7) is 2.75. The zero-order valence-corrected chi connectivity index (χ0v) is 11.4. The number of phosphoric acid groups is 1. The molecule has 1 atom stereocenters. The highest BCUT2D eigenvalue weighted by atomic mass is 31.2. The van der Waals surface area contributed by atoms with E-state index in [2.05, 4.69) is 14.4 Å². The molecule has 1 amide bonds. The number of rotatable bonds is 10. The van der Waals surface area contributed by atoms with Crippen LogP contribution in [0, 0.1) is 0 Å². The number of phosphoric ester groups is 1. The van der Waals surface area contributed by atoms with Gasteiger partial charge in [0.05, 0.1) is 6.61 Å². The summed E-state index contributed by atoms with van der Waals surface area (Å²) in [5.41, 5.74) is 0. The molecule has 0 fully saturated rings. The van der Waals surface area contributed by atoms with Gasteiger partial charge in [0.1, 0.15) is 0 Å². The van der Waals surface area contributed by atoms with Crippen molar-refractivity contribution in [3.63, 3.8) is 0 Å². The van der Waals surface area contributed by atoms with Crippen molar-refractivity contribution in [2.24, 2.45) is 0 Å². The highest BCUT2D eigenvalue weighted by Gasteiger charge is 2.17. The van der Waals surface area contributed by atoms with E-state index in [1.165, 1.54) is 0 Å². The van der Waals surface area contributed by atoms with E-state index in [0.717, 1.165) is 26.4 Å². The quantitative estimate of drug-likeness (QED) is 0.466. The van der Waals surface area contributed by atoms with Crippen LogP contribution >= 0.6 is 7.82 Å². The fraction of sp³-hybridized carbons (Fsp3) is 0.900. The van der Waals surface area contributed by atoms with Gasteiger partial charge in [0.25, 0.3) is 0 Å². The Bertz CT molecular complexity index is 259. The summed E-state index contributed by atoms with van der Waals surface area (Å²) in [5.74, 6) is 0.0722. The average Bonchev–Trinajstić information content (AvgIpc) is 2.28. The van der Waals surface area contributed by atoms with Crippen molar-refractivity contribution in [3.05, 3.63) is 0 Å².